The number of fused-ring (bicyclic) bond motifs is 5. The topological polar surface area (TPSA) is 24.9 Å². The summed E-state index contributed by atoms with van der Waals surface area (Å²) in [5, 5.41) is 0. The number of benzene rings is 1. The molecule has 2 atom stereocenters. The first-order valence-corrected chi connectivity index (χ1v) is 29.3. The van der Waals surface area contributed by atoms with Gasteiger partial charge in [0.2, 0.25) is 0 Å². The van der Waals surface area contributed by atoms with Crippen molar-refractivity contribution >= 4 is 47.0 Å². The van der Waals surface area contributed by atoms with Gasteiger partial charge in [0.15, 0.2) is 0 Å². The minimum atomic E-state index is -3.53. The van der Waals surface area contributed by atoms with Gasteiger partial charge in [0.1, 0.15) is 0 Å². The molecule has 0 radical (unpaired) electrons. The van der Waals surface area contributed by atoms with E-state index in [9.17, 15) is 0 Å². The van der Waals surface area contributed by atoms with Crippen LogP contribution in [0.15, 0.2) is 24.3 Å². The van der Waals surface area contributed by atoms with Crippen LogP contribution in [0.25, 0.3) is 0 Å². The number of nitrogens with zero attached hydrogens (tertiary/aromatic N) is 2. The van der Waals surface area contributed by atoms with Crippen molar-refractivity contribution in [3.05, 3.63) is 35.4 Å². The van der Waals surface area contributed by atoms with Gasteiger partial charge in [-0.05, 0) is 0 Å². The van der Waals surface area contributed by atoms with E-state index in [0.717, 1.165) is 0 Å². The molecule has 3 rings (SSSR count). The number of ether oxygens (including phenoxy) is 1. The first-order chi connectivity index (χ1) is 13.6. The van der Waals surface area contributed by atoms with Crippen LogP contribution in [0.3, 0.4) is 0 Å². The fraction of sp³-hybridized carbons (Fsp3) is 0.727. The molecule has 0 saturated carbocycles. The summed E-state index contributed by atoms with van der Waals surface area (Å²) in [5.41, 5.74) is 2.64. The van der Waals surface area contributed by atoms with Gasteiger partial charge in [-0.15, -0.1) is 0 Å². The monoisotopic (exact) mass is 556 g/mol. The number of hydrogen-bond acceptors (Lipinski definition) is 4. The Kier molecular flexibility index (Phi) is 6.09. The van der Waals surface area contributed by atoms with E-state index >= 15 is 0 Å². The fourth-order valence-electron chi connectivity index (χ4n) is 6.93. The molecule has 1 aromatic carbocycles. The van der Waals surface area contributed by atoms with Gasteiger partial charge in [-0.1, -0.05) is 0 Å². The van der Waals surface area contributed by atoms with E-state index < -0.39 is 52.8 Å². The van der Waals surface area contributed by atoms with Crippen molar-refractivity contribution in [1.29, 1.82) is 0 Å². The van der Waals surface area contributed by atoms with E-state index in [1.807, 2.05) is 0 Å². The SMILES string of the molecule is C[C@]12O[C@](C)(c3ccccc31)[Ge]([N]([Si](C)(C)C)[Si](C)(C)C)([N]([Si](C)(C)C)[Si](C)(C)C)[O]2. The Balaban J connectivity index is 2.50. The van der Waals surface area contributed by atoms with Crippen molar-refractivity contribution in [3.63, 3.8) is 0 Å². The van der Waals surface area contributed by atoms with E-state index in [1.54, 1.807) is 0 Å². The van der Waals surface area contributed by atoms with Crippen molar-refractivity contribution in [2.24, 2.45) is 0 Å². The Morgan fingerprint density at radius 3 is 1.35 bits per heavy atom. The molecule has 2 aliphatic rings. The molecule has 2 heterocycles. The summed E-state index contributed by atoms with van der Waals surface area (Å²) in [6.45, 7) is 35.1. The zero-order valence-corrected chi connectivity index (χ0v) is 28.6. The van der Waals surface area contributed by atoms with Crippen LogP contribution in [0, 0.1) is 0 Å². The minimum absolute atomic E-state index is 0.355. The molecule has 1 aromatic rings. The molecule has 1 saturated heterocycles. The van der Waals surface area contributed by atoms with E-state index in [1.165, 1.54) is 11.1 Å². The van der Waals surface area contributed by atoms with Crippen LogP contribution < -0.4 is 0 Å². The van der Waals surface area contributed by atoms with Gasteiger partial charge in [-0.25, -0.2) is 0 Å². The predicted octanol–water partition coefficient (Wildman–Crippen LogP) is 6.56. The molecule has 0 unspecified atom stereocenters. The average Bonchev–Trinajstić information content (AvgIpc) is 2.83. The zero-order valence-electron chi connectivity index (χ0n) is 22.5. The first kappa shape index (κ1) is 26.1. The summed E-state index contributed by atoms with van der Waals surface area (Å²) in [7, 11) is -6.97. The molecule has 1 fully saturated rings. The molecule has 0 aliphatic carbocycles. The van der Waals surface area contributed by atoms with E-state index in [4.69, 9.17) is 8.50 Å². The van der Waals surface area contributed by atoms with Crippen LogP contribution >= 0.6 is 0 Å². The molecule has 0 spiro atoms. The third kappa shape index (κ3) is 3.81. The van der Waals surface area contributed by atoms with Gasteiger partial charge in [0, 0.05) is 0 Å². The summed E-state index contributed by atoms with van der Waals surface area (Å²) >= 11 is -3.53. The zero-order chi connectivity index (χ0) is 24.1. The van der Waals surface area contributed by atoms with E-state index in [0.29, 0.717) is 0 Å². The van der Waals surface area contributed by atoms with Crippen LogP contribution in [0.1, 0.15) is 25.0 Å². The number of hydrogen-bond donors (Lipinski definition) is 0. The second-order valence-electron chi connectivity index (χ2n) is 13.7. The third-order valence-electron chi connectivity index (χ3n) is 6.58. The molecule has 0 N–H and O–H groups in total. The maximum atomic E-state index is 7.65. The first-order valence-electron chi connectivity index (χ1n) is 11.7. The second-order valence-corrected chi connectivity index (χ2v) is 44.4. The van der Waals surface area contributed by atoms with E-state index in [2.05, 4.69) is 123 Å². The molecule has 31 heavy (non-hydrogen) atoms. The van der Waals surface area contributed by atoms with Gasteiger partial charge in [0.05, 0.1) is 0 Å². The van der Waals surface area contributed by atoms with Crippen molar-refractivity contribution in [2.45, 2.75) is 103 Å². The van der Waals surface area contributed by atoms with Crippen molar-refractivity contribution in [3.8, 4) is 0 Å². The van der Waals surface area contributed by atoms with Crippen LogP contribution in [0.2, 0.25) is 78.6 Å². The Hall–Kier alpha value is 0.470. The van der Waals surface area contributed by atoms with Gasteiger partial charge >= 0.3 is 200 Å². The normalized spacial score (nSPS) is 28.5. The van der Waals surface area contributed by atoms with Crippen LogP contribution in [0.4, 0.5) is 0 Å². The third-order valence-corrected chi connectivity index (χ3v) is 50.5. The molecule has 4 nitrogen and oxygen atoms in total. The van der Waals surface area contributed by atoms with Crippen LogP contribution in [0.5, 0.6) is 0 Å². The summed E-state index contributed by atoms with van der Waals surface area (Å²) in [6, 6.07) is 8.90. The molecular formula is C22H46GeN2O2Si4. The second kappa shape index (κ2) is 7.24. The quantitative estimate of drug-likeness (QED) is 0.372. The molecular weight excluding hydrogens is 509 g/mol. The molecule has 2 bridgehead atoms. The standard InChI is InChI=1S/C22H46GeN2O2Si4/c1-21-19-17-15-16-18-20(19)22(2,26-21)27-23(21,24(28(3,4)5)29(6,7)8)25(30(9,10)11)31(12,13)14/h15-18H,1-14H3/t21-,22-/m1/s1. The summed E-state index contributed by atoms with van der Waals surface area (Å²) < 4.78 is 20.6. The van der Waals surface area contributed by atoms with E-state index in [-0.39, 0.29) is 4.43 Å². The maximum absolute atomic E-state index is 7.65. The number of rotatable bonds is 6. The Bertz CT molecular complexity index is 812. The van der Waals surface area contributed by atoms with Gasteiger partial charge in [-0.2, -0.15) is 0 Å². The summed E-state index contributed by atoms with van der Waals surface area (Å²) in [6.07, 6.45) is 0. The average molecular weight is 556 g/mol. The molecule has 0 amide bonds. The Morgan fingerprint density at radius 1 is 0.645 bits per heavy atom. The van der Waals surface area contributed by atoms with Gasteiger partial charge < -0.3 is 0 Å². The fourth-order valence-corrected chi connectivity index (χ4v) is 65.4. The summed E-state index contributed by atoms with van der Waals surface area (Å²) in [4.78, 5) is 0. The van der Waals surface area contributed by atoms with Crippen molar-refractivity contribution < 1.29 is 8.50 Å². The van der Waals surface area contributed by atoms with Crippen molar-refractivity contribution in [2.75, 3.05) is 0 Å². The van der Waals surface area contributed by atoms with Crippen molar-refractivity contribution in [1.82, 2.24) is 6.38 Å². The molecule has 176 valence electrons. The van der Waals surface area contributed by atoms with Gasteiger partial charge in [0.25, 0.3) is 0 Å². The molecule has 9 heteroatoms. The Labute approximate surface area is 199 Å². The summed E-state index contributed by atoms with van der Waals surface area (Å²) in [5.74, 6) is -0.638. The van der Waals surface area contributed by atoms with Crippen LogP contribution in [-0.2, 0) is 18.7 Å². The Morgan fingerprint density at radius 2 is 1.00 bits per heavy atom. The van der Waals surface area contributed by atoms with Gasteiger partial charge in [-0.3, -0.25) is 0 Å². The predicted molar refractivity (Wildman–Crippen MR) is 146 cm³/mol. The van der Waals surface area contributed by atoms with Crippen LogP contribution in [-0.4, -0.2) is 53.4 Å². The molecule has 0 aromatic heterocycles. The molecule has 2 aliphatic heterocycles.